The Bertz CT molecular complexity index is 197. The monoisotopic (exact) mass is 166 g/mol. The van der Waals surface area contributed by atoms with Gasteiger partial charge in [0.2, 0.25) is 0 Å². The smallest absolute Gasteiger partial charge is 0.115 e. The number of ether oxygens (including phenoxy) is 1. The van der Waals surface area contributed by atoms with Crippen LogP contribution in [-0.2, 0) is 4.74 Å². The first kappa shape index (κ1) is 11.0. The minimum Gasteiger partial charge on any atom is -0.491 e. The largest absolute Gasteiger partial charge is 0.491 e. The van der Waals surface area contributed by atoms with Gasteiger partial charge in [-0.15, -0.1) is 0 Å². The molecule has 0 saturated carbocycles. The molecule has 0 fully saturated rings. The van der Waals surface area contributed by atoms with E-state index in [0.717, 1.165) is 11.3 Å². The summed E-state index contributed by atoms with van der Waals surface area (Å²) < 4.78 is 5.51. The second-order valence-corrected chi connectivity index (χ2v) is 2.95. The fourth-order valence-electron chi connectivity index (χ4n) is 0.741. The second kappa shape index (κ2) is 5.64. The Labute approximate surface area is 75.4 Å². The van der Waals surface area contributed by atoms with Crippen molar-refractivity contribution < 1.29 is 4.74 Å². The van der Waals surface area contributed by atoms with Gasteiger partial charge in [0.1, 0.15) is 5.76 Å². The van der Waals surface area contributed by atoms with E-state index < -0.39 is 0 Å². The lowest BCUT2D eigenvalue weighted by molar-refractivity contribution is 0.157. The van der Waals surface area contributed by atoms with E-state index in [1.54, 1.807) is 0 Å². The molecule has 0 saturated heterocycles. The second-order valence-electron chi connectivity index (χ2n) is 2.95. The summed E-state index contributed by atoms with van der Waals surface area (Å²) in [5, 5.41) is 0. The van der Waals surface area contributed by atoms with Gasteiger partial charge in [0.15, 0.2) is 0 Å². The average molecular weight is 166 g/mol. The summed E-state index contributed by atoms with van der Waals surface area (Å²) in [5.41, 5.74) is 1.11. The quantitative estimate of drug-likeness (QED) is 0.459. The van der Waals surface area contributed by atoms with Gasteiger partial charge in [-0.1, -0.05) is 12.7 Å². The maximum atomic E-state index is 5.51. The Morgan fingerprint density at radius 2 is 2.00 bits per heavy atom. The molecular weight excluding hydrogens is 148 g/mol. The molecule has 1 heteroatoms. The SMILES string of the molecule is C=C/C(C)=C\C(=C/C)OC(C)C. The van der Waals surface area contributed by atoms with Crippen LogP contribution in [0.4, 0.5) is 0 Å². The first-order chi connectivity index (χ1) is 5.60. The predicted molar refractivity (Wildman–Crippen MR) is 53.9 cm³/mol. The van der Waals surface area contributed by atoms with E-state index in [1.807, 2.05) is 45.9 Å². The van der Waals surface area contributed by atoms with Crippen molar-refractivity contribution in [1.29, 1.82) is 0 Å². The summed E-state index contributed by atoms with van der Waals surface area (Å²) in [6.45, 7) is 11.7. The first-order valence-electron chi connectivity index (χ1n) is 4.23. The summed E-state index contributed by atoms with van der Waals surface area (Å²) in [4.78, 5) is 0. The molecule has 0 aromatic heterocycles. The van der Waals surface area contributed by atoms with Crippen LogP contribution in [0, 0.1) is 0 Å². The number of hydrogen-bond donors (Lipinski definition) is 0. The van der Waals surface area contributed by atoms with Gasteiger partial charge < -0.3 is 4.74 Å². The van der Waals surface area contributed by atoms with Crippen molar-refractivity contribution in [3.8, 4) is 0 Å². The molecule has 0 radical (unpaired) electrons. The van der Waals surface area contributed by atoms with Gasteiger partial charge >= 0.3 is 0 Å². The fraction of sp³-hybridized carbons (Fsp3) is 0.455. The highest BCUT2D eigenvalue weighted by Crippen LogP contribution is 2.07. The average Bonchev–Trinajstić information content (AvgIpc) is 2.02. The summed E-state index contributed by atoms with van der Waals surface area (Å²) in [6, 6.07) is 0. The topological polar surface area (TPSA) is 9.23 Å². The highest BCUT2D eigenvalue weighted by Gasteiger charge is 1.95. The normalized spacial score (nSPS) is 13.4. The number of hydrogen-bond acceptors (Lipinski definition) is 1. The molecule has 0 aliphatic heterocycles. The summed E-state index contributed by atoms with van der Waals surface area (Å²) >= 11 is 0. The van der Waals surface area contributed by atoms with Crippen molar-refractivity contribution in [3.63, 3.8) is 0 Å². The van der Waals surface area contributed by atoms with Crippen molar-refractivity contribution in [2.75, 3.05) is 0 Å². The Kier molecular flexibility index (Phi) is 5.18. The molecular formula is C11H18O. The van der Waals surface area contributed by atoms with E-state index in [0.29, 0.717) is 0 Å². The maximum Gasteiger partial charge on any atom is 0.115 e. The summed E-state index contributed by atoms with van der Waals surface area (Å²) in [6.07, 6.45) is 5.97. The highest BCUT2D eigenvalue weighted by molar-refractivity contribution is 5.23. The van der Waals surface area contributed by atoms with Gasteiger partial charge in [-0.25, -0.2) is 0 Å². The van der Waals surface area contributed by atoms with Crippen LogP contribution in [0.3, 0.4) is 0 Å². The molecule has 0 aliphatic rings. The zero-order valence-electron chi connectivity index (χ0n) is 8.42. The van der Waals surface area contributed by atoms with Crippen LogP contribution in [0.5, 0.6) is 0 Å². The molecule has 0 rings (SSSR count). The fourth-order valence-corrected chi connectivity index (χ4v) is 0.741. The Morgan fingerprint density at radius 3 is 2.33 bits per heavy atom. The maximum absolute atomic E-state index is 5.51. The van der Waals surface area contributed by atoms with Gasteiger partial charge in [0.25, 0.3) is 0 Å². The van der Waals surface area contributed by atoms with Gasteiger partial charge in [-0.05, 0) is 45.4 Å². The molecule has 0 atom stereocenters. The van der Waals surface area contributed by atoms with Gasteiger partial charge in [0, 0.05) is 0 Å². The van der Waals surface area contributed by atoms with Gasteiger partial charge in [0.05, 0.1) is 6.10 Å². The molecule has 0 bridgehead atoms. The lowest BCUT2D eigenvalue weighted by Crippen LogP contribution is -2.00. The van der Waals surface area contributed by atoms with Crippen molar-refractivity contribution in [1.82, 2.24) is 0 Å². The van der Waals surface area contributed by atoms with Crippen molar-refractivity contribution in [2.24, 2.45) is 0 Å². The van der Waals surface area contributed by atoms with Crippen LogP contribution >= 0.6 is 0 Å². The van der Waals surface area contributed by atoms with E-state index >= 15 is 0 Å². The molecule has 0 N–H and O–H groups in total. The van der Waals surface area contributed by atoms with Crippen LogP contribution in [-0.4, -0.2) is 6.10 Å². The van der Waals surface area contributed by atoms with Crippen LogP contribution < -0.4 is 0 Å². The molecule has 0 aromatic carbocycles. The van der Waals surface area contributed by atoms with Crippen molar-refractivity contribution in [2.45, 2.75) is 33.8 Å². The molecule has 1 nitrogen and oxygen atoms in total. The third kappa shape index (κ3) is 4.78. The molecule has 12 heavy (non-hydrogen) atoms. The van der Waals surface area contributed by atoms with Crippen molar-refractivity contribution in [3.05, 3.63) is 36.1 Å². The molecule has 0 amide bonds. The molecule has 0 unspecified atom stereocenters. The lowest BCUT2D eigenvalue weighted by atomic mass is 10.2. The van der Waals surface area contributed by atoms with E-state index in [2.05, 4.69) is 6.58 Å². The number of rotatable bonds is 4. The summed E-state index contributed by atoms with van der Waals surface area (Å²) in [7, 11) is 0. The van der Waals surface area contributed by atoms with Crippen molar-refractivity contribution >= 4 is 0 Å². The Morgan fingerprint density at radius 1 is 1.42 bits per heavy atom. The van der Waals surface area contributed by atoms with E-state index in [4.69, 9.17) is 4.74 Å². The van der Waals surface area contributed by atoms with E-state index in [1.165, 1.54) is 0 Å². The Hall–Kier alpha value is -0.980. The molecule has 68 valence electrons. The van der Waals surface area contributed by atoms with Crippen LogP contribution in [0.1, 0.15) is 27.7 Å². The molecule has 0 aliphatic carbocycles. The zero-order valence-corrected chi connectivity index (χ0v) is 8.42. The van der Waals surface area contributed by atoms with Crippen LogP contribution in [0.15, 0.2) is 36.1 Å². The molecule has 0 aromatic rings. The molecule has 0 heterocycles. The Balaban J connectivity index is 4.29. The standard InChI is InChI=1S/C11H18O/c1-6-10(5)8-11(7-2)12-9(3)4/h6-9H,1H2,2-5H3/b10-8-,11-7+. The van der Waals surface area contributed by atoms with Gasteiger partial charge in [-0.3, -0.25) is 0 Å². The van der Waals surface area contributed by atoms with E-state index in [-0.39, 0.29) is 6.10 Å². The van der Waals surface area contributed by atoms with Gasteiger partial charge in [-0.2, -0.15) is 0 Å². The zero-order chi connectivity index (χ0) is 9.56. The minimum absolute atomic E-state index is 0.227. The molecule has 0 spiro atoms. The third-order valence-electron chi connectivity index (χ3n) is 1.35. The third-order valence-corrected chi connectivity index (χ3v) is 1.35. The van der Waals surface area contributed by atoms with Crippen LogP contribution in [0.2, 0.25) is 0 Å². The number of allylic oxidation sites excluding steroid dienone is 4. The van der Waals surface area contributed by atoms with E-state index in [9.17, 15) is 0 Å². The highest BCUT2D eigenvalue weighted by atomic mass is 16.5. The lowest BCUT2D eigenvalue weighted by Gasteiger charge is -2.10. The predicted octanol–water partition coefficient (Wildman–Crippen LogP) is 3.45. The first-order valence-corrected chi connectivity index (χ1v) is 4.23. The minimum atomic E-state index is 0.227. The van der Waals surface area contributed by atoms with Crippen LogP contribution in [0.25, 0.3) is 0 Å². The summed E-state index contributed by atoms with van der Waals surface area (Å²) in [5.74, 6) is 0.905.